The Morgan fingerprint density at radius 1 is 1.38 bits per heavy atom. The zero-order valence-corrected chi connectivity index (χ0v) is 10.1. The van der Waals surface area contributed by atoms with Crippen molar-refractivity contribution in [1.82, 2.24) is 4.90 Å². The van der Waals surface area contributed by atoms with Gasteiger partial charge in [0.15, 0.2) is 0 Å². The third-order valence-electron chi connectivity index (χ3n) is 4.01. The summed E-state index contributed by atoms with van der Waals surface area (Å²) in [6.07, 6.45) is 3.18. The minimum Gasteiger partial charge on any atom is -0.468 e. The fourth-order valence-corrected chi connectivity index (χ4v) is 2.75. The van der Waals surface area contributed by atoms with Crippen LogP contribution >= 0.6 is 0 Å². The molecular weight excluding hydrogens is 206 g/mol. The van der Waals surface area contributed by atoms with Gasteiger partial charge < -0.3 is 9.47 Å². The van der Waals surface area contributed by atoms with Gasteiger partial charge in [0, 0.05) is 25.8 Å². The second kappa shape index (κ2) is 5.15. The van der Waals surface area contributed by atoms with Crippen LogP contribution in [-0.4, -0.2) is 49.8 Å². The second-order valence-electron chi connectivity index (χ2n) is 4.76. The van der Waals surface area contributed by atoms with Gasteiger partial charge in [-0.3, -0.25) is 9.69 Å². The lowest BCUT2D eigenvalue weighted by Gasteiger charge is -2.46. The molecule has 2 aliphatic rings. The van der Waals surface area contributed by atoms with Crippen molar-refractivity contribution in [3.63, 3.8) is 0 Å². The summed E-state index contributed by atoms with van der Waals surface area (Å²) in [4.78, 5) is 13.8. The summed E-state index contributed by atoms with van der Waals surface area (Å²) in [5.74, 6) is 0.589. The predicted molar refractivity (Wildman–Crippen MR) is 60.1 cm³/mol. The van der Waals surface area contributed by atoms with Gasteiger partial charge in [0.2, 0.25) is 0 Å². The number of esters is 1. The summed E-state index contributed by atoms with van der Waals surface area (Å²) >= 11 is 0. The third-order valence-corrected chi connectivity index (χ3v) is 4.01. The lowest BCUT2D eigenvalue weighted by molar-refractivity contribution is -0.155. The molecule has 92 valence electrons. The quantitative estimate of drug-likeness (QED) is 0.676. The van der Waals surface area contributed by atoms with Gasteiger partial charge >= 0.3 is 5.97 Å². The number of carbonyl (C=O) groups excluding carboxylic acids is 1. The van der Waals surface area contributed by atoms with Gasteiger partial charge in [-0.1, -0.05) is 0 Å². The molecule has 2 atom stereocenters. The van der Waals surface area contributed by atoms with Gasteiger partial charge in [0.25, 0.3) is 0 Å². The average molecular weight is 227 g/mol. The van der Waals surface area contributed by atoms with Crippen molar-refractivity contribution in [3.05, 3.63) is 0 Å². The Labute approximate surface area is 96.9 Å². The van der Waals surface area contributed by atoms with Crippen LogP contribution in [0.3, 0.4) is 0 Å². The fraction of sp³-hybridized carbons (Fsp3) is 0.917. The Balaban J connectivity index is 1.89. The Kier molecular flexibility index (Phi) is 3.82. The van der Waals surface area contributed by atoms with Gasteiger partial charge in [-0.15, -0.1) is 0 Å². The highest BCUT2D eigenvalue weighted by Crippen LogP contribution is 2.29. The van der Waals surface area contributed by atoms with Crippen molar-refractivity contribution in [2.24, 2.45) is 5.92 Å². The minimum absolute atomic E-state index is 0.00263. The molecule has 2 rings (SSSR count). The number of hydrogen-bond acceptors (Lipinski definition) is 4. The second-order valence-corrected chi connectivity index (χ2v) is 4.76. The normalized spacial score (nSPS) is 29.5. The fourth-order valence-electron chi connectivity index (χ4n) is 2.75. The lowest BCUT2D eigenvalue weighted by Crippen LogP contribution is -2.58. The summed E-state index contributed by atoms with van der Waals surface area (Å²) in [5, 5.41) is 0. The van der Waals surface area contributed by atoms with E-state index in [1.807, 2.05) is 0 Å². The van der Waals surface area contributed by atoms with E-state index in [0.29, 0.717) is 12.0 Å². The number of rotatable bonds is 3. The van der Waals surface area contributed by atoms with Crippen LogP contribution in [0.25, 0.3) is 0 Å². The first-order valence-electron chi connectivity index (χ1n) is 6.15. The summed E-state index contributed by atoms with van der Waals surface area (Å²) in [6, 6.07) is 0.476. The van der Waals surface area contributed by atoms with Crippen LogP contribution in [0.5, 0.6) is 0 Å². The number of hydrogen-bond donors (Lipinski definition) is 0. The molecular formula is C12H21NO3. The Morgan fingerprint density at radius 2 is 2.06 bits per heavy atom. The summed E-state index contributed by atoms with van der Waals surface area (Å²) in [6.45, 7) is 4.99. The highest BCUT2D eigenvalue weighted by Gasteiger charge is 2.40. The van der Waals surface area contributed by atoms with Gasteiger partial charge in [0.1, 0.15) is 6.04 Å². The van der Waals surface area contributed by atoms with Crippen LogP contribution < -0.4 is 0 Å². The number of likely N-dealkylation sites (tertiary alicyclic amines) is 1. The number of methoxy groups -OCH3 is 1. The molecule has 4 heteroatoms. The Hall–Kier alpha value is -0.610. The summed E-state index contributed by atoms with van der Waals surface area (Å²) in [5.41, 5.74) is 0. The van der Waals surface area contributed by atoms with Crippen LogP contribution in [0.4, 0.5) is 0 Å². The van der Waals surface area contributed by atoms with E-state index in [2.05, 4.69) is 11.8 Å². The first-order chi connectivity index (χ1) is 7.74. The van der Waals surface area contributed by atoms with Crippen molar-refractivity contribution >= 4 is 5.97 Å². The summed E-state index contributed by atoms with van der Waals surface area (Å²) < 4.78 is 10.2. The smallest absolute Gasteiger partial charge is 0.323 e. The van der Waals surface area contributed by atoms with Gasteiger partial charge in [0.05, 0.1) is 7.11 Å². The van der Waals surface area contributed by atoms with Crippen molar-refractivity contribution in [1.29, 1.82) is 0 Å². The number of carbonyl (C=O) groups is 1. The molecule has 0 saturated carbocycles. The van der Waals surface area contributed by atoms with E-state index in [-0.39, 0.29) is 12.0 Å². The maximum absolute atomic E-state index is 11.5. The molecule has 0 aromatic carbocycles. The first kappa shape index (κ1) is 11.9. The van der Waals surface area contributed by atoms with E-state index in [0.717, 1.165) is 39.0 Å². The molecule has 2 heterocycles. The summed E-state index contributed by atoms with van der Waals surface area (Å²) in [7, 11) is 1.47. The zero-order valence-electron chi connectivity index (χ0n) is 10.1. The maximum atomic E-state index is 11.5. The van der Waals surface area contributed by atoms with E-state index < -0.39 is 0 Å². The third kappa shape index (κ3) is 2.23. The molecule has 0 aromatic heterocycles. The molecule has 0 amide bonds. The highest BCUT2D eigenvalue weighted by atomic mass is 16.5. The van der Waals surface area contributed by atoms with Crippen molar-refractivity contribution in [2.75, 3.05) is 26.9 Å². The van der Waals surface area contributed by atoms with Gasteiger partial charge in [-0.25, -0.2) is 0 Å². The predicted octanol–water partition coefficient (Wildman–Crippen LogP) is 1.05. The first-order valence-corrected chi connectivity index (χ1v) is 6.15. The number of ether oxygens (including phenoxy) is 2. The van der Waals surface area contributed by atoms with E-state index in [9.17, 15) is 4.79 Å². The van der Waals surface area contributed by atoms with E-state index in [1.165, 1.54) is 7.11 Å². The molecule has 4 nitrogen and oxygen atoms in total. The van der Waals surface area contributed by atoms with E-state index in [4.69, 9.17) is 9.47 Å². The Bertz CT molecular complexity index is 251. The molecule has 16 heavy (non-hydrogen) atoms. The van der Waals surface area contributed by atoms with Crippen molar-refractivity contribution in [3.8, 4) is 0 Å². The van der Waals surface area contributed by atoms with Gasteiger partial charge in [-0.2, -0.15) is 0 Å². The van der Waals surface area contributed by atoms with Crippen molar-refractivity contribution < 1.29 is 14.3 Å². The average Bonchev–Trinajstić information content (AvgIpc) is 2.28. The molecule has 2 unspecified atom stereocenters. The molecule has 0 aliphatic carbocycles. The topological polar surface area (TPSA) is 38.8 Å². The lowest BCUT2D eigenvalue weighted by atomic mass is 9.88. The highest BCUT2D eigenvalue weighted by molar-refractivity contribution is 5.76. The van der Waals surface area contributed by atoms with Crippen LogP contribution in [0.15, 0.2) is 0 Å². The van der Waals surface area contributed by atoms with Crippen LogP contribution in [0, 0.1) is 5.92 Å². The van der Waals surface area contributed by atoms with Gasteiger partial charge in [-0.05, 0) is 32.1 Å². The van der Waals surface area contributed by atoms with Crippen LogP contribution in [0.2, 0.25) is 0 Å². The van der Waals surface area contributed by atoms with E-state index in [1.54, 1.807) is 0 Å². The van der Waals surface area contributed by atoms with Crippen LogP contribution in [0.1, 0.15) is 26.2 Å². The molecule has 2 aliphatic heterocycles. The standard InChI is InChI=1S/C12H21NO3/c1-9(10-4-7-16-8-5-10)13-6-3-11(13)12(14)15-2/h9-11H,3-8H2,1-2H3. The maximum Gasteiger partial charge on any atom is 0.323 e. The molecule has 2 fully saturated rings. The van der Waals surface area contributed by atoms with E-state index >= 15 is 0 Å². The number of nitrogens with zero attached hydrogens (tertiary/aromatic N) is 1. The Morgan fingerprint density at radius 3 is 2.56 bits per heavy atom. The van der Waals surface area contributed by atoms with Crippen LogP contribution in [-0.2, 0) is 14.3 Å². The molecule has 0 bridgehead atoms. The molecule has 0 spiro atoms. The zero-order chi connectivity index (χ0) is 11.5. The SMILES string of the molecule is COC(=O)C1CCN1C(C)C1CCOCC1. The minimum atomic E-state index is -0.0786. The van der Waals surface area contributed by atoms with Crippen molar-refractivity contribution in [2.45, 2.75) is 38.3 Å². The molecule has 2 saturated heterocycles. The monoisotopic (exact) mass is 227 g/mol. The molecule has 0 N–H and O–H groups in total. The molecule has 0 aromatic rings. The largest absolute Gasteiger partial charge is 0.468 e. The molecule has 0 radical (unpaired) electrons.